The zero-order chi connectivity index (χ0) is 20.6. The lowest BCUT2D eigenvalue weighted by atomic mass is 10.2. The number of nitrogens with one attached hydrogen (secondary N) is 1. The molecule has 1 N–H and O–H groups in total. The summed E-state index contributed by atoms with van der Waals surface area (Å²) in [5.74, 6) is 0.178. The summed E-state index contributed by atoms with van der Waals surface area (Å²) in [5, 5.41) is 4.87. The molecule has 0 spiro atoms. The zero-order valence-corrected chi connectivity index (χ0v) is 18.1. The predicted molar refractivity (Wildman–Crippen MR) is 121 cm³/mol. The van der Waals surface area contributed by atoms with Gasteiger partial charge in [0.05, 0.1) is 11.4 Å². The molecule has 3 aromatic rings. The van der Waals surface area contributed by atoms with Crippen LogP contribution in [0.5, 0.6) is 0 Å². The van der Waals surface area contributed by atoms with E-state index in [-0.39, 0.29) is 17.6 Å². The molecule has 29 heavy (non-hydrogen) atoms. The molecule has 7 heteroatoms. The number of hydrogen-bond donors (Lipinski definition) is 1. The zero-order valence-electron chi connectivity index (χ0n) is 16.4. The highest BCUT2D eigenvalue weighted by Gasteiger charge is 2.13. The molecule has 3 rings (SSSR count). The minimum atomic E-state index is -0.103. The first-order chi connectivity index (χ1) is 14.1. The summed E-state index contributed by atoms with van der Waals surface area (Å²) < 4.78 is 0.860. The van der Waals surface area contributed by atoms with Crippen molar-refractivity contribution >= 4 is 40.6 Å². The summed E-state index contributed by atoms with van der Waals surface area (Å²) in [6.45, 7) is 5.26. The Hall–Kier alpha value is -2.64. The SMILES string of the molecule is CCN(CC)C(=O)c1ccc(NC(=O)CSc2nc(-c3ccccc3)cs2)cc1. The number of thioether (sulfide) groups is 1. The smallest absolute Gasteiger partial charge is 0.253 e. The highest BCUT2D eigenvalue weighted by Crippen LogP contribution is 2.28. The van der Waals surface area contributed by atoms with Gasteiger partial charge in [-0.05, 0) is 38.1 Å². The van der Waals surface area contributed by atoms with Crippen molar-refractivity contribution < 1.29 is 9.59 Å². The van der Waals surface area contributed by atoms with E-state index >= 15 is 0 Å². The van der Waals surface area contributed by atoms with E-state index in [1.807, 2.05) is 49.6 Å². The normalized spacial score (nSPS) is 10.6. The molecular weight excluding hydrogens is 402 g/mol. The van der Waals surface area contributed by atoms with Crippen molar-refractivity contribution in [2.75, 3.05) is 24.2 Å². The van der Waals surface area contributed by atoms with Crippen molar-refractivity contribution in [1.82, 2.24) is 9.88 Å². The molecule has 0 saturated heterocycles. The number of amides is 2. The average molecular weight is 426 g/mol. The fraction of sp³-hybridized carbons (Fsp3) is 0.227. The number of aromatic nitrogens is 1. The molecule has 0 atom stereocenters. The summed E-state index contributed by atoms with van der Waals surface area (Å²) in [7, 11) is 0. The summed E-state index contributed by atoms with van der Waals surface area (Å²) in [4.78, 5) is 30.9. The quantitative estimate of drug-likeness (QED) is 0.515. The molecule has 2 amide bonds. The first-order valence-corrected chi connectivity index (χ1v) is 11.3. The number of hydrogen-bond acceptors (Lipinski definition) is 5. The third kappa shape index (κ3) is 5.68. The molecule has 5 nitrogen and oxygen atoms in total. The Labute approximate surface area is 179 Å². The van der Waals surface area contributed by atoms with Crippen LogP contribution in [0.15, 0.2) is 64.3 Å². The second-order valence-corrected chi connectivity index (χ2v) is 8.34. The van der Waals surface area contributed by atoms with Gasteiger partial charge >= 0.3 is 0 Å². The van der Waals surface area contributed by atoms with Crippen molar-refractivity contribution in [3.05, 3.63) is 65.5 Å². The van der Waals surface area contributed by atoms with Crippen LogP contribution in [-0.4, -0.2) is 40.5 Å². The molecule has 1 heterocycles. The number of rotatable bonds is 8. The molecule has 0 aliphatic heterocycles. The maximum Gasteiger partial charge on any atom is 0.253 e. The van der Waals surface area contributed by atoms with Crippen molar-refractivity contribution in [2.45, 2.75) is 18.2 Å². The Morgan fingerprint density at radius 3 is 2.38 bits per heavy atom. The highest BCUT2D eigenvalue weighted by atomic mass is 32.2. The Bertz CT molecular complexity index is 952. The monoisotopic (exact) mass is 425 g/mol. The van der Waals surface area contributed by atoms with Crippen LogP contribution in [0.2, 0.25) is 0 Å². The van der Waals surface area contributed by atoms with Crippen LogP contribution in [0, 0.1) is 0 Å². The molecule has 2 aromatic carbocycles. The van der Waals surface area contributed by atoms with Gasteiger partial charge in [-0.15, -0.1) is 11.3 Å². The second-order valence-electron chi connectivity index (χ2n) is 6.26. The number of nitrogens with zero attached hydrogens (tertiary/aromatic N) is 2. The van der Waals surface area contributed by atoms with Crippen molar-refractivity contribution in [1.29, 1.82) is 0 Å². The fourth-order valence-corrected chi connectivity index (χ4v) is 4.41. The molecule has 1 aromatic heterocycles. The van der Waals surface area contributed by atoms with Crippen LogP contribution in [-0.2, 0) is 4.79 Å². The van der Waals surface area contributed by atoms with Gasteiger partial charge in [0.25, 0.3) is 5.91 Å². The predicted octanol–water partition coefficient (Wildman–Crippen LogP) is 5.02. The number of thiazole rings is 1. The van der Waals surface area contributed by atoms with E-state index in [9.17, 15) is 9.59 Å². The summed E-state index contributed by atoms with van der Waals surface area (Å²) in [5.41, 5.74) is 3.29. The molecule has 0 aliphatic rings. The Balaban J connectivity index is 1.52. The summed E-state index contributed by atoms with van der Waals surface area (Å²) >= 11 is 2.95. The topological polar surface area (TPSA) is 62.3 Å². The van der Waals surface area contributed by atoms with E-state index in [4.69, 9.17) is 0 Å². The van der Waals surface area contributed by atoms with E-state index in [0.717, 1.165) is 15.6 Å². The van der Waals surface area contributed by atoms with Crippen LogP contribution in [0.3, 0.4) is 0 Å². The maximum atomic E-state index is 12.3. The van der Waals surface area contributed by atoms with Crippen molar-refractivity contribution in [2.24, 2.45) is 0 Å². The average Bonchev–Trinajstić information content (AvgIpc) is 3.23. The lowest BCUT2D eigenvalue weighted by molar-refractivity contribution is -0.113. The van der Waals surface area contributed by atoms with Crippen LogP contribution in [0.1, 0.15) is 24.2 Å². The molecular formula is C22H23N3O2S2. The van der Waals surface area contributed by atoms with Gasteiger partial charge in [-0.25, -0.2) is 4.98 Å². The van der Waals surface area contributed by atoms with Gasteiger partial charge < -0.3 is 10.2 Å². The fourth-order valence-electron chi connectivity index (χ4n) is 2.78. The Morgan fingerprint density at radius 2 is 1.72 bits per heavy atom. The van der Waals surface area contributed by atoms with E-state index in [0.29, 0.717) is 24.3 Å². The first kappa shape index (κ1) is 21.1. The number of benzene rings is 2. The number of carbonyl (C=O) groups excluding carboxylic acids is 2. The van der Waals surface area contributed by atoms with Crippen molar-refractivity contribution in [3.63, 3.8) is 0 Å². The van der Waals surface area contributed by atoms with Crippen LogP contribution in [0.25, 0.3) is 11.3 Å². The summed E-state index contributed by atoms with van der Waals surface area (Å²) in [6, 6.07) is 17.0. The van der Waals surface area contributed by atoms with E-state index in [1.54, 1.807) is 29.2 Å². The molecule has 0 unspecified atom stereocenters. The third-order valence-electron chi connectivity index (χ3n) is 4.35. The minimum Gasteiger partial charge on any atom is -0.339 e. The summed E-state index contributed by atoms with van der Waals surface area (Å²) in [6.07, 6.45) is 0. The lowest BCUT2D eigenvalue weighted by Gasteiger charge is -2.18. The second kappa shape index (κ2) is 10.2. The van der Waals surface area contributed by atoms with E-state index in [1.165, 1.54) is 23.1 Å². The molecule has 0 saturated carbocycles. The van der Waals surface area contributed by atoms with Gasteiger partial charge in [-0.3, -0.25) is 9.59 Å². The Kier molecular flexibility index (Phi) is 7.43. The van der Waals surface area contributed by atoms with Crippen molar-refractivity contribution in [3.8, 4) is 11.3 Å². The van der Waals surface area contributed by atoms with Gasteiger partial charge in [0, 0.05) is 35.3 Å². The van der Waals surface area contributed by atoms with Gasteiger partial charge in [0.15, 0.2) is 4.34 Å². The number of anilines is 1. The van der Waals surface area contributed by atoms with Crippen LogP contribution < -0.4 is 5.32 Å². The first-order valence-electron chi connectivity index (χ1n) is 9.43. The van der Waals surface area contributed by atoms with E-state index < -0.39 is 0 Å². The lowest BCUT2D eigenvalue weighted by Crippen LogP contribution is -2.30. The van der Waals surface area contributed by atoms with Gasteiger partial charge in [0.1, 0.15) is 0 Å². The molecule has 0 aliphatic carbocycles. The van der Waals surface area contributed by atoms with E-state index in [2.05, 4.69) is 10.3 Å². The minimum absolute atomic E-state index is 0.00132. The largest absolute Gasteiger partial charge is 0.339 e. The van der Waals surface area contributed by atoms with Gasteiger partial charge in [-0.1, -0.05) is 42.1 Å². The van der Waals surface area contributed by atoms with Gasteiger partial charge in [-0.2, -0.15) is 0 Å². The van der Waals surface area contributed by atoms with Crippen LogP contribution >= 0.6 is 23.1 Å². The third-order valence-corrected chi connectivity index (χ3v) is 6.37. The molecule has 0 radical (unpaired) electrons. The van der Waals surface area contributed by atoms with Gasteiger partial charge in [0.2, 0.25) is 5.91 Å². The molecule has 0 bridgehead atoms. The Morgan fingerprint density at radius 1 is 1.03 bits per heavy atom. The van der Waals surface area contributed by atoms with Crippen LogP contribution in [0.4, 0.5) is 5.69 Å². The highest BCUT2D eigenvalue weighted by molar-refractivity contribution is 8.01. The maximum absolute atomic E-state index is 12.3. The molecule has 0 fully saturated rings. The molecule has 150 valence electrons. The standard InChI is InChI=1S/C22H23N3O2S2/c1-3-25(4-2)21(27)17-10-12-18(13-11-17)23-20(26)15-29-22-24-19(14-28-22)16-8-6-5-7-9-16/h5-14H,3-4,15H2,1-2H3,(H,23,26). The number of carbonyl (C=O) groups is 2.